The van der Waals surface area contributed by atoms with Crippen LogP contribution in [0, 0.1) is 0 Å². The van der Waals surface area contributed by atoms with Crippen LogP contribution in [-0.4, -0.2) is 26.8 Å². The molecule has 5 rings (SSSR count). The Morgan fingerprint density at radius 1 is 1.00 bits per heavy atom. The van der Waals surface area contributed by atoms with Gasteiger partial charge in [0.25, 0.3) is 0 Å². The van der Waals surface area contributed by atoms with Crippen molar-refractivity contribution < 1.29 is 9.84 Å². The van der Waals surface area contributed by atoms with Gasteiger partial charge in [0.05, 0.1) is 42.2 Å². The van der Waals surface area contributed by atoms with E-state index >= 15 is 0 Å². The summed E-state index contributed by atoms with van der Waals surface area (Å²) in [5, 5.41) is 10.4. The number of aliphatic hydroxyl groups excluding tert-OH is 1. The van der Waals surface area contributed by atoms with Crippen molar-refractivity contribution in [3.8, 4) is 33.3 Å². The fraction of sp³-hybridized carbons (Fsp3) is 0.0833. The number of aromatic nitrogens is 3. The van der Waals surface area contributed by atoms with Gasteiger partial charge in [-0.25, -0.2) is 9.97 Å². The molecule has 0 saturated heterocycles. The molecule has 0 aliphatic carbocycles. The number of imidazole rings is 1. The number of benzene rings is 3. The molecule has 0 unspecified atom stereocenters. The molecule has 0 saturated carbocycles. The van der Waals surface area contributed by atoms with Crippen molar-refractivity contribution in [3.05, 3.63) is 84.8 Å². The van der Waals surface area contributed by atoms with Gasteiger partial charge in [-0.2, -0.15) is 0 Å². The Labute approximate surface area is 177 Å². The zero-order chi connectivity index (χ0) is 20.5. The van der Waals surface area contributed by atoms with Gasteiger partial charge in [-0.1, -0.05) is 30.3 Å². The number of hydrogen-bond acceptors (Lipinski definition) is 5. The quantitative estimate of drug-likeness (QED) is 0.424. The van der Waals surface area contributed by atoms with Crippen LogP contribution >= 0.6 is 11.3 Å². The minimum atomic E-state index is -0.0392. The summed E-state index contributed by atoms with van der Waals surface area (Å²) in [6.45, 7) is -0.0392. The molecule has 2 aromatic heterocycles. The predicted molar refractivity (Wildman–Crippen MR) is 120 cm³/mol. The Balaban J connectivity index is 1.52. The van der Waals surface area contributed by atoms with Gasteiger partial charge in [-0.3, -0.25) is 4.57 Å². The van der Waals surface area contributed by atoms with Crippen molar-refractivity contribution in [3.63, 3.8) is 0 Å². The average Bonchev–Trinajstić information content (AvgIpc) is 3.46. The molecule has 148 valence electrons. The van der Waals surface area contributed by atoms with E-state index < -0.39 is 0 Å². The van der Waals surface area contributed by atoms with E-state index in [0.717, 1.165) is 49.0 Å². The van der Waals surface area contributed by atoms with Crippen LogP contribution in [0.15, 0.2) is 79.3 Å². The third-order valence-corrected chi connectivity index (χ3v) is 6.15. The maximum absolute atomic E-state index is 9.48. The second-order valence-electron chi connectivity index (χ2n) is 6.89. The number of methoxy groups -OCH3 is 1. The molecule has 6 heteroatoms. The van der Waals surface area contributed by atoms with E-state index in [1.165, 1.54) is 0 Å². The van der Waals surface area contributed by atoms with E-state index in [4.69, 9.17) is 9.72 Å². The van der Waals surface area contributed by atoms with Crippen LogP contribution in [0.2, 0.25) is 0 Å². The minimum absolute atomic E-state index is 0.0392. The standard InChI is InChI=1S/C24H19N3O2S/c1-29-22-12-16(14-28)11-20-23(22)30-24(26-20)18-7-9-19(10-8-18)27-15-25-13-21(27)17-5-3-2-4-6-17/h2-13,15,28H,14H2,1H3. The van der Waals surface area contributed by atoms with Gasteiger partial charge in [0.15, 0.2) is 0 Å². The second-order valence-corrected chi connectivity index (χ2v) is 7.88. The highest BCUT2D eigenvalue weighted by Crippen LogP contribution is 2.37. The zero-order valence-corrected chi connectivity index (χ0v) is 17.1. The first-order valence-electron chi connectivity index (χ1n) is 9.53. The van der Waals surface area contributed by atoms with Gasteiger partial charge in [-0.15, -0.1) is 11.3 Å². The topological polar surface area (TPSA) is 60.2 Å². The van der Waals surface area contributed by atoms with Crippen LogP contribution in [0.25, 0.3) is 37.7 Å². The van der Waals surface area contributed by atoms with Crippen molar-refractivity contribution in [2.75, 3.05) is 7.11 Å². The smallest absolute Gasteiger partial charge is 0.138 e. The molecular formula is C24H19N3O2S. The summed E-state index contributed by atoms with van der Waals surface area (Å²) in [5.74, 6) is 0.739. The Morgan fingerprint density at radius 3 is 2.53 bits per heavy atom. The van der Waals surface area contributed by atoms with E-state index in [1.807, 2.05) is 42.9 Å². The molecule has 30 heavy (non-hydrogen) atoms. The monoisotopic (exact) mass is 413 g/mol. The summed E-state index contributed by atoms with van der Waals surface area (Å²) in [4.78, 5) is 9.10. The van der Waals surface area contributed by atoms with Crippen LogP contribution in [0.4, 0.5) is 0 Å². The summed E-state index contributed by atoms with van der Waals surface area (Å²) in [6, 6.07) is 22.3. The number of rotatable bonds is 5. The number of aliphatic hydroxyl groups is 1. The molecule has 0 radical (unpaired) electrons. The van der Waals surface area contributed by atoms with E-state index in [0.29, 0.717) is 0 Å². The summed E-state index contributed by atoms with van der Waals surface area (Å²) in [6.07, 6.45) is 3.71. The Bertz CT molecular complexity index is 1310. The van der Waals surface area contributed by atoms with E-state index in [1.54, 1.807) is 18.4 Å². The lowest BCUT2D eigenvalue weighted by Gasteiger charge is -2.09. The number of nitrogens with zero attached hydrogens (tertiary/aromatic N) is 3. The molecule has 5 nitrogen and oxygen atoms in total. The highest BCUT2D eigenvalue weighted by atomic mass is 32.1. The van der Waals surface area contributed by atoms with E-state index in [-0.39, 0.29) is 6.61 Å². The Kier molecular flexibility index (Phi) is 4.78. The summed E-state index contributed by atoms with van der Waals surface area (Å²) >= 11 is 1.59. The first kappa shape index (κ1) is 18.5. The van der Waals surface area contributed by atoms with Gasteiger partial charge in [0.1, 0.15) is 10.8 Å². The van der Waals surface area contributed by atoms with Crippen molar-refractivity contribution in [2.24, 2.45) is 0 Å². The number of fused-ring (bicyclic) bond motifs is 1. The van der Waals surface area contributed by atoms with E-state index in [9.17, 15) is 5.11 Å². The molecular weight excluding hydrogens is 394 g/mol. The first-order valence-corrected chi connectivity index (χ1v) is 10.4. The van der Waals surface area contributed by atoms with Gasteiger partial charge in [0, 0.05) is 16.8 Å². The van der Waals surface area contributed by atoms with Crippen molar-refractivity contribution in [2.45, 2.75) is 6.61 Å². The summed E-state index contributed by atoms with van der Waals surface area (Å²) in [7, 11) is 1.64. The molecule has 0 aliphatic rings. The van der Waals surface area contributed by atoms with Gasteiger partial charge < -0.3 is 9.84 Å². The van der Waals surface area contributed by atoms with Crippen molar-refractivity contribution in [1.29, 1.82) is 0 Å². The van der Waals surface area contributed by atoms with E-state index in [2.05, 4.69) is 45.9 Å². The lowest BCUT2D eigenvalue weighted by Crippen LogP contribution is -1.94. The summed E-state index contributed by atoms with van der Waals surface area (Å²) < 4.78 is 8.55. The molecule has 1 N–H and O–H groups in total. The van der Waals surface area contributed by atoms with Crippen molar-refractivity contribution in [1.82, 2.24) is 14.5 Å². The van der Waals surface area contributed by atoms with Crippen LogP contribution in [0.3, 0.4) is 0 Å². The molecule has 0 aliphatic heterocycles. The molecule has 0 atom stereocenters. The number of thiazole rings is 1. The summed E-state index contributed by atoms with van der Waals surface area (Å²) in [5.41, 5.74) is 5.87. The Hall–Kier alpha value is -3.48. The van der Waals surface area contributed by atoms with Gasteiger partial charge >= 0.3 is 0 Å². The fourth-order valence-electron chi connectivity index (χ4n) is 3.51. The van der Waals surface area contributed by atoms with Crippen LogP contribution in [-0.2, 0) is 6.61 Å². The number of hydrogen-bond donors (Lipinski definition) is 1. The average molecular weight is 414 g/mol. The minimum Gasteiger partial charge on any atom is -0.495 e. The lowest BCUT2D eigenvalue weighted by molar-refractivity contribution is 0.281. The van der Waals surface area contributed by atoms with Gasteiger partial charge in [0.2, 0.25) is 0 Å². The van der Waals surface area contributed by atoms with Crippen LogP contribution in [0.5, 0.6) is 5.75 Å². The predicted octanol–water partition coefficient (Wildman–Crippen LogP) is 5.32. The first-order chi connectivity index (χ1) is 14.8. The lowest BCUT2D eigenvalue weighted by atomic mass is 10.1. The molecule has 0 spiro atoms. The van der Waals surface area contributed by atoms with Crippen LogP contribution < -0.4 is 4.74 Å². The maximum atomic E-state index is 9.48. The highest BCUT2D eigenvalue weighted by Gasteiger charge is 2.13. The highest BCUT2D eigenvalue weighted by molar-refractivity contribution is 7.22. The zero-order valence-electron chi connectivity index (χ0n) is 16.3. The SMILES string of the molecule is COc1cc(CO)cc2nc(-c3ccc(-n4cncc4-c4ccccc4)cc3)sc12. The largest absolute Gasteiger partial charge is 0.495 e. The molecule has 0 bridgehead atoms. The normalized spacial score (nSPS) is 11.1. The molecule has 3 aromatic carbocycles. The molecule has 5 aromatic rings. The third-order valence-electron chi connectivity index (χ3n) is 5.02. The number of ether oxygens (including phenoxy) is 1. The fourth-order valence-corrected chi connectivity index (χ4v) is 4.56. The second kappa shape index (κ2) is 7.74. The van der Waals surface area contributed by atoms with Gasteiger partial charge in [-0.05, 0) is 42.0 Å². The molecule has 0 amide bonds. The molecule has 0 fully saturated rings. The third kappa shape index (κ3) is 3.26. The van der Waals surface area contributed by atoms with Crippen molar-refractivity contribution >= 4 is 21.6 Å². The Morgan fingerprint density at radius 2 is 1.80 bits per heavy atom. The maximum Gasteiger partial charge on any atom is 0.138 e. The van der Waals surface area contributed by atoms with Crippen LogP contribution in [0.1, 0.15) is 5.56 Å². The molecule has 2 heterocycles.